The van der Waals surface area contributed by atoms with Gasteiger partial charge in [-0.1, -0.05) is 12.1 Å². The van der Waals surface area contributed by atoms with E-state index in [1.54, 1.807) is 0 Å². The zero-order valence-corrected chi connectivity index (χ0v) is 13.6. The first kappa shape index (κ1) is 16.6. The first-order valence-electron chi connectivity index (χ1n) is 7.85. The lowest BCUT2D eigenvalue weighted by atomic mass is 10.0. The maximum atomic E-state index is 11.9. The molecule has 1 aliphatic heterocycles. The Morgan fingerprint density at radius 1 is 1.32 bits per heavy atom. The lowest BCUT2D eigenvalue weighted by molar-refractivity contribution is 0.0594. The van der Waals surface area contributed by atoms with E-state index in [1.165, 1.54) is 6.42 Å². The summed E-state index contributed by atoms with van der Waals surface area (Å²) in [5, 5.41) is 6.20. The van der Waals surface area contributed by atoms with Crippen LogP contribution in [-0.4, -0.2) is 31.5 Å². The first-order valence-corrected chi connectivity index (χ1v) is 7.85. The van der Waals surface area contributed by atoms with Crippen LogP contribution in [0.2, 0.25) is 0 Å². The van der Waals surface area contributed by atoms with Crippen LogP contribution in [0.5, 0.6) is 0 Å². The van der Waals surface area contributed by atoms with Gasteiger partial charge in [-0.2, -0.15) is 0 Å². The van der Waals surface area contributed by atoms with Crippen LogP contribution in [-0.2, 0) is 9.47 Å². The lowest BCUT2D eigenvalue weighted by Gasteiger charge is -2.24. The number of nitrogens with one attached hydrogen (secondary N) is 2. The number of benzene rings is 1. The Balaban J connectivity index is 1.92. The van der Waals surface area contributed by atoms with Crippen molar-refractivity contribution in [3.05, 3.63) is 24.3 Å². The van der Waals surface area contributed by atoms with Crippen molar-refractivity contribution in [1.29, 1.82) is 0 Å². The van der Waals surface area contributed by atoms with Gasteiger partial charge in [-0.25, -0.2) is 4.79 Å². The quantitative estimate of drug-likeness (QED) is 0.886. The van der Waals surface area contributed by atoms with E-state index in [0.29, 0.717) is 5.92 Å². The van der Waals surface area contributed by atoms with E-state index in [1.807, 2.05) is 45.0 Å². The molecule has 0 saturated carbocycles. The van der Waals surface area contributed by atoms with Gasteiger partial charge < -0.3 is 14.8 Å². The molecular formula is C17H26N2O3. The number of hydrogen-bond acceptors (Lipinski definition) is 4. The summed E-state index contributed by atoms with van der Waals surface area (Å²) in [7, 11) is 0. The third-order valence-electron chi connectivity index (χ3n) is 3.40. The average molecular weight is 306 g/mol. The van der Waals surface area contributed by atoms with Crippen molar-refractivity contribution in [2.45, 2.75) is 39.2 Å². The van der Waals surface area contributed by atoms with E-state index < -0.39 is 11.7 Å². The second-order valence-corrected chi connectivity index (χ2v) is 6.64. The fraction of sp³-hybridized carbons (Fsp3) is 0.588. The highest BCUT2D eigenvalue weighted by Gasteiger charge is 2.18. The van der Waals surface area contributed by atoms with E-state index in [2.05, 4.69) is 10.6 Å². The van der Waals surface area contributed by atoms with Gasteiger partial charge in [0.15, 0.2) is 0 Å². The topological polar surface area (TPSA) is 59.6 Å². The Bertz CT molecular complexity index is 491. The highest BCUT2D eigenvalue weighted by molar-refractivity contribution is 5.89. The summed E-state index contributed by atoms with van der Waals surface area (Å²) < 4.78 is 10.8. The minimum absolute atomic E-state index is 0.442. The minimum atomic E-state index is -0.508. The number of ether oxygens (including phenoxy) is 2. The van der Waals surface area contributed by atoms with E-state index in [4.69, 9.17) is 9.47 Å². The third kappa shape index (κ3) is 5.56. The van der Waals surface area contributed by atoms with E-state index in [-0.39, 0.29) is 0 Å². The number of anilines is 2. The molecule has 1 aliphatic rings. The van der Waals surface area contributed by atoms with Crippen LogP contribution in [0.4, 0.5) is 16.2 Å². The molecule has 5 heteroatoms. The van der Waals surface area contributed by atoms with Crippen LogP contribution in [0, 0.1) is 5.92 Å². The molecule has 2 rings (SSSR count). The van der Waals surface area contributed by atoms with Crippen molar-refractivity contribution in [3.8, 4) is 0 Å². The summed E-state index contributed by atoms with van der Waals surface area (Å²) in [6.07, 6.45) is 1.85. The smallest absolute Gasteiger partial charge is 0.412 e. The zero-order valence-electron chi connectivity index (χ0n) is 13.6. The van der Waals surface area contributed by atoms with Crippen molar-refractivity contribution in [2.75, 3.05) is 30.4 Å². The lowest BCUT2D eigenvalue weighted by Crippen LogP contribution is -2.28. The van der Waals surface area contributed by atoms with Gasteiger partial charge >= 0.3 is 6.09 Å². The van der Waals surface area contributed by atoms with Gasteiger partial charge in [0.25, 0.3) is 0 Å². The number of para-hydroxylation sites is 2. The van der Waals surface area contributed by atoms with Crippen LogP contribution >= 0.6 is 0 Å². The molecule has 0 aliphatic carbocycles. The molecule has 22 heavy (non-hydrogen) atoms. The van der Waals surface area contributed by atoms with Gasteiger partial charge in [0.05, 0.1) is 18.0 Å². The molecule has 1 amide bonds. The van der Waals surface area contributed by atoms with E-state index >= 15 is 0 Å². The number of amides is 1. The maximum Gasteiger partial charge on any atom is 0.412 e. The number of hydrogen-bond donors (Lipinski definition) is 2. The predicted molar refractivity (Wildman–Crippen MR) is 88.3 cm³/mol. The van der Waals surface area contributed by atoms with Gasteiger partial charge in [0.2, 0.25) is 0 Å². The zero-order chi connectivity index (χ0) is 16.0. The molecule has 0 bridgehead atoms. The fourth-order valence-corrected chi connectivity index (χ4v) is 2.38. The molecule has 1 fully saturated rings. The molecular weight excluding hydrogens is 280 g/mol. The Morgan fingerprint density at radius 2 is 2.05 bits per heavy atom. The third-order valence-corrected chi connectivity index (χ3v) is 3.40. The monoisotopic (exact) mass is 306 g/mol. The van der Waals surface area contributed by atoms with Crippen LogP contribution < -0.4 is 10.6 Å². The van der Waals surface area contributed by atoms with Crippen LogP contribution in [0.1, 0.15) is 33.6 Å². The fourth-order valence-electron chi connectivity index (χ4n) is 2.38. The van der Waals surface area contributed by atoms with Gasteiger partial charge in [-0.3, -0.25) is 5.32 Å². The highest BCUT2D eigenvalue weighted by Crippen LogP contribution is 2.23. The minimum Gasteiger partial charge on any atom is -0.444 e. The molecule has 122 valence electrons. The SMILES string of the molecule is CC(C)(C)OC(=O)Nc1ccccc1NCC1CCCOC1. The molecule has 1 unspecified atom stereocenters. The van der Waals surface area contributed by atoms with Crippen molar-refractivity contribution in [2.24, 2.45) is 5.92 Å². The van der Waals surface area contributed by atoms with Gasteiger partial charge in [0.1, 0.15) is 5.60 Å². The highest BCUT2D eigenvalue weighted by atomic mass is 16.6. The average Bonchev–Trinajstić information content (AvgIpc) is 2.45. The molecule has 1 heterocycles. The van der Waals surface area contributed by atoms with Crippen LogP contribution in [0.25, 0.3) is 0 Å². The summed E-state index contributed by atoms with van der Waals surface area (Å²) in [6, 6.07) is 7.65. The standard InChI is InChI=1S/C17H26N2O3/c1-17(2,3)22-16(20)19-15-9-5-4-8-14(15)18-11-13-7-6-10-21-12-13/h4-5,8-9,13,18H,6-7,10-12H2,1-3H3,(H,19,20). The number of rotatable bonds is 4. The molecule has 1 aromatic rings. The summed E-state index contributed by atoms with van der Waals surface area (Å²) in [5.74, 6) is 0.517. The summed E-state index contributed by atoms with van der Waals surface area (Å²) in [6.45, 7) is 8.05. The van der Waals surface area contributed by atoms with Crippen LogP contribution in [0.15, 0.2) is 24.3 Å². The van der Waals surface area contributed by atoms with E-state index in [0.717, 1.165) is 37.6 Å². The molecule has 0 aromatic heterocycles. The largest absolute Gasteiger partial charge is 0.444 e. The normalized spacial score (nSPS) is 18.6. The molecule has 1 atom stereocenters. The molecule has 0 radical (unpaired) electrons. The van der Waals surface area contributed by atoms with E-state index in [9.17, 15) is 4.79 Å². The Morgan fingerprint density at radius 3 is 2.68 bits per heavy atom. The van der Waals surface area contributed by atoms with Gasteiger partial charge in [-0.15, -0.1) is 0 Å². The first-order chi connectivity index (χ1) is 10.4. The summed E-state index contributed by atoms with van der Waals surface area (Å²) >= 11 is 0. The second-order valence-electron chi connectivity index (χ2n) is 6.64. The van der Waals surface area contributed by atoms with Gasteiger partial charge in [-0.05, 0) is 51.7 Å². The Hall–Kier alpha value is -1.75. The van der Waals surface area contributed by atoms with Crippen molar-refractivity contribution >= 4 is 17.5 Å². The molecule has 1 saturated heterocycles. The molecule has 0 spiro atoms. The maximum absolute atomic E-state index is 11.9. The van der Waals surface area contributed by atoms with Crippen molar-refractivity contribution in [3.63, 3.8) is 0 Å². The van der Waals surface area contributed by atoms with Crippen LogP contribution in [0.3, 0.4) is 0 Å². The Labute approximate surface area is 132 Å². The van der Waals surface area contributed by atoms with Crippen molar-refractivity contribution < 1.29 is 14.3 Å². The van der Waals surface area contributed by atoms with Crippen molar-refractivity contribution in [1.82, 2.24) is 0 Å². The summed E-state index contributed by atoms with van der Waals surface area (Å²) in [5.41, 5.74) is 1.12. The number of carbonyl (C=O) groups excluding carboxylic acids is 1. The second kappa shape index (κ2) is 7.49. The molecule has 5 nitrogen and oxygen atoms in total. The summed E-state index contributed by atoms with van der Waals surface area (Å²) in [4.78, 5) is 11.9. The molecule has 2 N–H and O–H groups in total. The predicted octanol–water partition coefficient (Wildman–Crippen LogP) is 3.87. The van der Waals surface area contributed by atoms with Gasteiger partial charge in [0, 0.05) is 13.2 Å². The molecule has 1 aromatic carbocycles. The Kier molecular flexibility index (Phi) is 5.66. The number of carbonyl (C=O) groups is 1.